The van der Waals surface area contributed by atoms with Crippen molar-refractivity contribution >= 4 is 21.6 Å². The Labute approximate surface area is 94.7 Å². The van der Waals surface area contributed by atoms with Crippen molar-refractivity contribution in [2.75, 3.05) is 13.1 Å². The van der Waals surface area contributed by atoms with E-state index in [9.17, 15) is 8.42 Å². The van der Waals surface area contributed by atoms with Gasteiger partial charge in [-0.1, -0.05) is 23.7 Å². The van der Waals surface area contributed by atoms with E-state index in [0.717, 1.165) is 6.42 Å². The van der Waals surface area contributed by atoms with Crippen molar-refractivity contribution in [3.05, 3.63) is 28.8 Å². The summed E-state index contributed by atoms with van der Waals surface area (Å²) in [6.45, 7) is 2.97. The van der Waals surface area contributed by atoms with E-state index in [0.29, 0.717) is 23.7 Å². The van der Waals surface area contributed by atoms with Crippen molar-refractivity contribution in [3.63, 3.8) is 0 Å². The van der Waals surface area contributed by atoms with E-state index >= 15 is 0 Å². The van der Waals surface area contributed by atoms with Crippen LogP contribution < -0.4 is 0 Å². The molecule has 1 saturated heterocycles. The maximum atomic E-state index is 12.1. The molecule has 1 fully saturated rings. The molecular weight excluding hydrogens is 234 g/mol. The van der Waals surface area contributed by atoms with Gasteiger partial charge in [0.05, 0.1) is 5.02 Å². The highest BCUT2D eigenvalue weighted by Crippen LogP contribution is 2.29. The second-order valence-corrected chi connectivity index (χ2v) is 5.93. The molecule has 1 aliphatic rings. The molecule has 1 aromatic carbocycles. The molecule has 0 aromatic heterocycles. The Morgan fingerprint density at radius 1 is 1.33 bits per heavy atom. The van der Waals surface area contributed by atoms with Crippen LogP contribution in [0.4, 0.5) is 0 Å². The topological polar surface area (TPSA) is 37.4 Å². The Morgan fingerprint density at radius 3 is 2.47 bits per heavy atom. The second kappa shape index (κ2) is 3.77. The van der Waals surface area contributed by atoms with Crippen LogP contribution in [0.15, 0.2) is 23.1 Å². The average molecular weight is 246 g/mol. The van der Waals surface area contributed by atoms with Crippen molar-refractivity contribution in [1.29, 1.82) is 0 Å². The first kappa shape index (κ1) is 10.9. The molecule has 0 N–H and O–H groups in total. The van der Waals surface area contributed by atoms with Crippen molar-refractivity contribution < 1.29 is 8.42 Å². The highest BCUT2D eigenvalue weighted by molar-refractivity contribution is 7.89. The molecule has 0 unspecified atom stereocenters. The van der Waals surface area contributed by atoms with Crippen molar-refractivity contribution in [2.45, 2.75) is 18.2 Å². The van der Waals surface area contributed by atoms with Crippen LogP contribution in [0.1, 0.15) is 12.0 Å². The van der Waals surface area contributed by atoms with E-state index in [1.807, 2.05) is 0 Å². The van der Waals surface area contributed by atoms with Crippen molar-refractivity contribution in [1.82, 2.24) is 4.31 Å². The molecule has 0 radical (unpaired) electrons. The maximum absolute atomic E-state index is 12.1. The summed E-state index contributed by atoms with van der Waals surface area (Å²) in [6, 6.07) is 5.13. The van der Waals surface area contributed by atoms with E-state index in [2.05, 4.69) is 0 Å². The van der Waals surface area contributed by atoms with Crippen LogP contribution in [0, 0.1) is 6.92 Å². The summed E-state index contributed by atoms with van der Waals surface area (Å²) in [5.74, 6) is 0. The van der Waals surface area contributed by atoms with Gasteiger partial charge in [0.1, 0.15) is 4.90 Å². The van der Waals surface area contributed by atoms with Gasteiger partial charge in [0.2, 0.25) is 10.0 Å². The van der Waals surface area contributed by atoms with Crippen LogP contribution >= 0.6 is 11.6 Å². The van der Waals surface area contributed by atoms with Gasteiger partial charge in [0, 0.05) is 13.1 Å². The fraction of sp³-hybridized carbons (Fsp3) is 0.400. The van der Waals surface area contributed by atoms with E-state index in [1.165, 1.54) is 4.31 Å². The molecule has 0 amide bonds. The Morgan fingerprint density at radius 2 is 2.00 bits per heavy atom. The molecule has 0 saturated carbocycles. The van der Waals surface area contributed by atoms with Gasteiger partial charge in [0.25, 0.3) is 0 Å². The lowest BCUT2D eigenvalue weighted by atomic mass is 10.2. The van der Waals surface area contributed by atoms with Gasteiger partial charge < -0.3 is 0 Å². The Balaban J connectivity index is 2.53. The molecule has 0 atom stereocenters. The summed E-state index contributed by atoms with van der Waals surface area (Å²) >= 11 is 5.93. The van der Waals surface area contributed by atoms with E-state index in [-0.39, 0.29) is 4.90 Å². The molecule has 82 valence electrons. The lowest BCUT2D eigenvalue weighted by molar-refractivity contribution is 0.309. The smallest absolute Gasteiger partial charge is 0.207 e. The first-order chi connectivity index (χ1) is 7.03. The van der Waals surface area contributed by atoms with Crippen LogP contribution in [0.25, 0.3) is 0 Å². The number of benzene rings is 1. The molecule has 2 rings (SSSR count). The molecule has 0 aliphatic carbocycles. The summed E-state index contributed by atoms with van der Waals surface area (Å²) in [5, 5.41) is 0.307. The average Bonchev–Trinajstić information content (AvgIpc) is 1.97. The predicted molar refractivity (Wildman–Crippen MR) is 59.6 cm³/mol. The van der Waals surface area contributed by atoms with Crippen LogP contribution in [0.3, 0.4) is 0 Å². The molecule has 15 heavy (non-hydrogen) atoms. The summed E-state index contributed by atoms with van der Waals surface area (Å²) in [4.78, 5) is 0.256. The molecule has 1 heterocycles. The van der Waals surface area contributed by atoms with Gasteiger partial charge in [-0.25, -0.2) is 8.42 Å². The summed E-state index contributed by atoms with van der Waals surface area (Å²) < 4.78 is 25.7. The third-order valence-electron chi connectivity index (χ3n) is 2.58. The summed E-state index contributed by atoms with van der Waals surface area (Å²) in [5.41, 5.74) is 0.703. The first-order valence-corrected chi connectivity index (χ1v) is 6.60. The molecule has 0 bridgehead atoms. The van der Waals surface area contributed by atoms with Crippen LogP contribution in [-0.4, -0.2) is 25.8 Å². The molecular formula is C10H12ClNO2S. The second-order valence-electron chi connectivity index (χ2n) is 3.64. The molecule has 1 aliphatic heterocycles. The van der Waals surface area contributed by atoms with Gasteiger partial charge >= 0.3 is 0 Å². The Hall–Kier alpha value is -0.580. The third kappa shape index (κ3) is 1.77. The van der Waals surface area contributed by atoms with Crippen molar-refractivity contribution in [3.8, 4) is 0 Å². The fourth-order valence-corrected chi connectivity index (χ4v) is 3.90. The largest absolute Gasteiger partial charge is 0.244 e. The predicted octanol–water partition coefficient (Wildman–Crippen LogP) is 2.04. The van der Waals surface area contributed by atoms with Crippen LogP contribution in [0.5, 0.6) is 0 Å². The first-order valence-electron chi connectivity index (χ1n) is 4.79. The quantitative estimate of drug-likeness (QED) is 0.800. The monoisotopic (exact) mass is 245 g/mol. The van der Waals surface area contributed by atoms with Gasteiger partial charge in [-0.3, -0.25) is 0 Å². The standard InChI is InChI=1S/C10H12ClNO2S/c1-8-4-2-5-9(11)10(8)15(13,14)12-6-3-7-12/h2,4-5H,3,6-7H2,1H3. The minimum absolute atomic E-state index is 0.256. The Kier molecular flexibility index (Phi) is 2.75. The normalized spacial score (nSPS) is 17.5. The van der Waals surface area contributed by atoms with Crippen LogP contribution in [-0.2, 0) is 10.0 Å². The molecule has 1 aromatic rings. The highest BCUT2D eigenvalue weighted by Gasteiger charge is 2.31. The zero-order valence-electron chi connectivity index (χ0n) is 8.40. The Bertz CT molecular complexity index is 460. The van der Waals surface area contributed by atoms with E-state index in [4.69, 9.17) is 11.6 Å². The number of hydrogen-bond acceptors (Lipinski definition) is 2. The van der Waals surface area contributed by atoms with E-state index < -0.39 is 10.0 Å². The summed E-state index contributed by atoms with van der Waals surface area (Å²) in [6.07, 6.45) is 0.933. The third-order valence-corrected chi connectivity index (χ3v) is 5.11. The van der Waals surface area contributed by atoms with Gasteiger partial charge in [-0.2, -0.15) is 4.31 Å². The highest BCUT2D eigenvalue weighted by atomic mass is 35.5. The number of aryl methyl sites for hydroxylation is 1. The van der Waals surface area contributed by atoms with Crippen molar-refractivity contribution in [2.24, 2.45) is 0 Å². The summed E-state index contributed by atoms with van der Waals surface area (Å²) in [7, 11) is -3.36. The van der Waals surface area contributed by atoms with Gasteiger partial charge in [0.15, 0.2) is 0 Å². The lowest BCUT2D eigenvalue weighted by Gasteiger charge is -2.30. The van der Waals surface area contributed by atoms with E-state index in [1.54, 1.807) is 25.1 Å². The SMILES string of the molecule is Cc1cccc(Cl)c1S(=O)(=O)N1CCC1. The lowest BCUT2D eigenvalue weighted by Crippen LogP contribution is -2.42. The number of hydrogen-bond donors (Lipinski definition) is 0. The number of sulfonamides is 1. The minimum atomic E-state index is -3.36. The molecule has 3 nitrogen and oxygen atoms in total. The van der Waals surface area contributed by atoms with Crippen LogP contribution in [0.2, 0.25) is 5.02 Å². The minimum Gasteiger partial charge on any atom is -0.207 e. The number of halogens is 1. The zero-order valence-corrected chi connectivity index (χ0v) is 9.98. The maximum Gasteiger partial charge on any atom is 0.244 e. The van der Waals surface area contributed by atoms with Gasteiger partial charge in [-0.05, 0) is 25.0 Å². The molecule has 5 heteroatoms. The number of nitrogens with zero attached hydrogens (tertiary/aromatic N) is 1. The van der Waals surface area contributed by atoms with Gasteiger partial charge in [-0.15, -0.1) is 0 Å². The fourth-order valence-electron chi connectivity index (χ4n) is 1.60. The zero-order chi connectivity index (χ0) is 11.1. The number of rotatable bonds is 2. The molecule has 0 spiro atoms.